The molecule has 36 heavy (non-hydrogen) atoms. The molecule has 3 aromatic carbocycles. The van der Waals surface area contributed by atoms with E-state index in [1.165, 1.54) is 4.90 Å². The van der Waals surface area contributed by atoms with Crippen molar-refractivity contribution >= 4 is 35.0 Å². The van der Waals surface area contributed by atoms with Crippen molar-refractivity contribution in [2.75, 3.05) is 6.61 Å². The predicted molar refractivity (Wildman–Crippen MR) is 137 cm³/mol. The summed E-state index contributed by atoms with van der Waals surface area (Å²) in [5.41, 5.74) is 3.22. The minimum atomic E-state index is -0.783. The van der Waals surface area contributed by atoms with E-state index in [1.807, 2.05) is 38.1 Å². The van der Waals surface area contributed by atoms with E-state index in [0.717, 1.165) is 17.5 Å². The Bertz CT molecular complexity index is 1330. The highest BCUT2D eigenvalue weighted by molar-refractivity contribution is 6.46. The number of ether oxygens (including phenoxy) is 1. The normalized spacial score (nSPS) is 16.9. The van der Waals surface area contributed by atoms with E-state index < -0.39 is 23.7 Å². The van der Waals surface area contributed by atoms with E-state index in [2.05, 4.69) is 0 Å². The molecule has 0 bridgehead atoms. The Kier molecular flexibility index (Phi) is 7.55. The van der Waals surface area contributed by atoms with Crippen molar-refractivity contribution in [3.8, 4) is 0 Å². The number of ketones is 1. The van der Waals surface area contributed by atoms with Crippen LogP contribution in [0.1, 0.15) is 52.0 Å². The molecule has 4 rings (SSSR count). The number of amides is 1. The van der Waals surface area contributed by atoms with Gasteiger partial charge in [-0.25, -0.2) is 4.79 Å². The van der Waals surface area contributed by atoms with Crippen LogP contribution in [0.15, 0.2) is 78.4 Å². The van der Waals surface area contributed by atoms with Crippen molar-refractivity contribution in [1.29, 1.82) is 0 Å². The van der Waals surface area contributed by atoms with Gasteiger partial charge >= 0.3 is 5.97 Å². The van der Waals surface area contributed by atoms with Crippen molar-refractivity contribution in [2.24, 2.45) is 0 Å². The van der Waals surface area contributed by atoms with Gasteiger partial charge in [0.05, 0.1) is 23.8 Å². The van der Waals surface area contributed by atoms with Crippen molar-refractivity contribution in [2.45, 2.75) is 32.9 Å². The van der Waals surface area contributed by atoms with Crippen molar-refractivity contribution < 1.29 is 24.2 Å². The molecule has 1 saturated heterocycles. The Morgan fingerprint density at radius 3 is 2.31 bits per heavy atom. The summed E-state index contributed by atoms with van der Waals surface area (Å²) in [5, 5.41) is 11.6. The first-order chi connectivity index (χ1) is 17.3. The fourth-order valence-electron chi connectivity index (χ4n) is 4.21. The summed E-state index contributed by atoms with van der Waals surface area (Å²) in [6.45, 7) is 4.30. The number of aliphatic hydroxyl groups is 1. The Labute approximate surface area is 214 Å². The molecule has 184 valence electrons. The van der Waals surface area contributed by atoms with Crippen molar-refractivity contribution in [3.63, 3.8) is 0 Å². The number of rotatable bonds is 7. The molecule has 0 aliphatic carbocycles. The number of carbonyl (C=O) groups is 3. The zero-order valence-electron chi connectivity index (χ0n) is 20.0. The molecular formula is C29H26ClNO5. The molecule has 1 N–H and O–H groups in total. The maximum atomic E-state index is 13.2. The third-order valence-electron chi connectivity index (χ3n) is 6.00. The van der Waals surface area contributed by atoms with Crippen LogP contribution in [-0.2, 0) is 20.9 Å². The molecular weight excluding hydrogens is 478 g/mol. The number of nitrogens with zero attached hydrogens (tertiary/aromatic N) is 1. The summed E-state index contributed by atoms with van der Waals surface area (Å²) in [6.07, 6.45) is 0.730. The van der Waals surface area contributed by atoms with Gasteiger partial charge in [0.1, 0.15) is 5.76 Å². The molecule has 1 unspecified atom stereocenters. The summed E-state index contributed by atoms with van der Waals surface area (Å²) in [6, 6.07) is 19.9. The number of likely N-dealkylation sites (tertiary alicyclic amines) is 1. The Balaban J connectivity index is 1.73. The van der Waals surface area contributed by atoms with Gasteiger partial charge in [-0.05, 0) is 60.9 Å². The molecule has 1 aliphatic rings. The SMILES string of the molecule is CCCOC(=O)c1ccc(CN2C(=O)C(=O)/C(=C(/O)c3ccc(Cl)cc3)C2c2cccc(C)c2)cc1. The van der Waals surface area contributed by atoms with Crippen LogP contribution in [0.5, 0.6) is 0 Å². The molecule has 6 nitrogen and oxygen atoms in total. The van der Waals surface area contributed by atoms with E-state index in [-0.39, 0.29) is 17.9 Å². The van der Waals surface area contributed by atoms with Gasteiger partial charge in [0.2, 0.25) is 0 Å². The second-order valence-corrected chi connectivity index (χ2v) is 9.12. The number of carbonyl (C=O) groups excluding carboxylic acids is 3. The average Bonchev–Trinajstić information content (AvgIpc) is 3.12. The lowest BCUT2D eigenvalue weighted by atomic mass is 9.94. The molecule has 0 radical (unpaired) electrons. The van der Waals surface area contributed by atoms with Crippen LogP contribution in [0.4, 0.5) is 0 Å². The molecule has 1 aliphatic heterocycles. The molecule has 3 aromatic rings. The fourth-order valence-corrected chi connectivity index (χ4v) is 4.34. The van der Waals surface area contributed by atoms with Gasteiger partial charge in [-0.1, -0.05) is 60.5 Å². The largest absolute Gasteiger partial charge is 0.507 e. The van der Waals surface area contributed by atoms with Gasteiger partial charge in [-0.15, -0.1) is 0 Å². The third kappa shape index (κ3) is 5.19. The van der Waals surface area contributed by atoms with Gasteiger partial charge in [0, 0.05) is 17.1 Å². The molecule has 1 heterocycles. The molecule has 0 aromatic heterocycles. The van der Waals surface area contributed by atoms with E-state index in [9.17, 15) is 19.5 Å². The van der Waals surface area contributed by atoms with E-state index in [4.69, 9.17) is 16.3 Å². The lowest BCUT2D eigenvalue weighted by Crippen LogP contribution is -2.29. The second-order valence-electron chi connectivity index (χ2n) is 8.68. The first kappa shape index (κ1) is 25.2. The zero-order chi connectivity index (χ0) is 25.8. The number of aryl methyl sites for hydroxylation is 1. The van der Waals surface area contributed by atoms with Crippen LogP contribution >= 0.6 is 11.6 Å². The second kappa shape index (κ2) is 10.8. The maximum absolute atomic E-state index is 13.2. The number of benzene rings is 3. The van der Waals surface area contributed by atoms with Crippen LogP contribution < -0.4 is 0 Å². The quantitative estimate of drug-likeness (QED) is 0.189. The zero-order valence-corrected chi connectivity index (χ0v) is 20.8. The molecule has 1 fully saturated rings. The van der Waals surface area contributed by atoms with Gasteiger partial charge in [0.15, 0.2) is 0 Å². The van der Waals surface area contributed by atoms with Crippen LogP contribution in [0.2, 0.25) is 5.02 Å². The summed E-state index contributed by atoms with van der Waals surface area (Å²) < 4.78 is 5.17. The number of Topliss-reactive ketones (excluding diaryl/α,β-unsaturated/α-hetero) is 1. The van der Waals surface area contributed by atoms with E-state index in [1.54, 1.807) is 48.5 Å². The Morgan fingerprint density at radius 1 is 1.00 bits per heavy atom. The number of aliphatic hydroxyl groups excluding tert-OH is 1. The number of esters is 1. The van der Waals surface area contributed by atoms with Crippen LogP contribution in [-0.4, -0.2) is 34.3 Å². The molecule has 0 saturated carbocycles. The average molecular weight is 504 g/mol. The molecule has 1 atom stereocenters. The monoisotopic (exact) mass is 503 g/mol. The highest BCUT2D eigenvalue weighted by atomic mass is 35.5. The van der Waals surface area contributed by atoms with Gasteiger partial charge in [-0.3, -0.25) is 9.59 Å². The number of halogens is 1. The van der Waals surface area contributed by atoms with Gasteiger partial charge < -0.3 is 14.7 Å². The minimum Gasteiger partial charge on any atom is -0.507 e. The third-order valence-corrected chi connectivity index (χ3v) is 6.25. The Morgan fingerprint density at radius 2 is 1.67 bits per heavy atom. The topological polar surface area (TPSA) is 83.9 Å². The number of hydrogen-bond donors (Lipinski definition) is 1. The van der Waals surface area contributed by atoms with Crippen LogP contribution in [0.3, 0.4) is 0 Å². The summed E-state index contributed by atoms with van der Waals surface area (Å²) in [7, 11) is 0. The lowest BCUT2D eigenvalue weighted by Gasteiger charge is -2.26. The minimum absolute atomic E-state index is 0.0210. The summed E-state index contributed by atoms with van der Waals surface area (Å²) >= 11 is 5.98. The lowest BCUT2D eigenvalue weighted by molar-refractivity contribution is -0.140. The highest BCUT2D eigenvalue weighted by Gasteiger charge is 2.46. The van der Waals surface area contributed by atoms with Gasteiger partial charge in [0.25, 0.3) is 11.7 Å². The molecule has 7 heteroatoms. The summed E-state index contributed by atoms with van der Waals surface area (Å²) in [4.78, 5) is 40.0. The van der Waals surface area contributed by atoms with Gasteiger partial charge in [-0.2, -0.15) is 0 Å². The van der Waals surface area contributed by atoms with E-state index in [0.29, 0.717) is 28.3 Å². The standard InChI is InChI=1S/C29H26ClNO5/c1-3-15-36-29(35)21-9-7-19(8-10-21)17-31-25(22-6-4-5-18(2)16-22)24(27(33)28(31)34)26(32)20-11-13-23(30)14-12-20/h4-14,16,25,32H,3,15,17H2,1-2H3/b26-24+. The highest BCUT2D eigenvalue weighted by Crippen LogP contribution is 2.40. The maximum Gasteiger partial charge on any atom is 0.338 e. The Hall–Kier alpha value is -3.90. The van der Waals surface area contributed by atoms with Crippen LogP contribution in [0.25, 0.3) is 5.76 Å². The fraction of sp³-hybridized carbons (Fsp3) is 0.207. The predicted octanol–water partition coefficient (Wildman–Crippen LogP) is 5.84. The molecule has 1 amide bonds. The van der Waals surface area contributed by atoms with Crippen LogP contribution in [0, 0.1) is 6.92 Å². The molecule has 0 spiro atoms. The smallest absolute Gasteiger partial charge is 0.338 e. The number of hydrogen-bond acceptors (Lipinski definition) is 5. The van der Waals surface area contributed by atoms with E-state index >= 15 is 0 Å². The summed E-state index contributed by atoms with van der Waals surface area (Å²) in [5.74, 6) is -2.13. The first-order valence-corrected chi connectivity index (χ1v) is 12.0. The first-order valence-electron chi connectivity index (χ1n) is 11.7. The van der Waals surface area contributed by atoms with Crippen molar-refractivity contribution in [1.82, 2.24) is 4.90 Å². The van der Waals surface area contributed by atoms with Crippen molar-refractivity contribution in [3.05, 3.63) is 111 Å².